The average molecular weight is 1020 g/mol. The minimum atomic E-state index is -1.53. The standard InChI is InChI=1S/C61H85N3O10/c1-4-7-9-10-11-12-13-14-15-21-35-62-59(67)72-48-33-34-54-52(42-48)57-50(31-19-23-37-66)46(27-18-22-36-65)41-51-53(63-74-56-32-20-24-40-69-56)43-55(61(73-54,58(51)57)71-38-6-3)64(60(68)70-39-8-5-2)44-47-29-25-28-45-26-16-17-30-49(45)47/h5-6,16-17,25-26,28-30,33-34,41-42,46,50,55-58,65-66H,2-4,7-15,18-24,27,31-32,35-40,43-44H2,1H3,(H,62,67). The van der Waals surface area contributed by atoms with Gasteiger partial charge < -0.3 is 44.1 Å². The Hall–Kier alpha value is -5.21. The lowest BCUT2D eigenvalue weighted by molar-refractivity contribution is -0.256. The summed E-state index contributed by atoms with van der Waals surface area (Å²) in [6, 6.07) is 19.0. The van der Waals surface area contributed by atoms with Crippen LogP contribution in [0.4, 0.5) is 9.59 Å². The molecule has 2 amide bonds. The molecule has 74 heavy (non-hydrogen) atoms. The van der Waals surface area contributed by atoms with E-state index in [1.807, 2.05) is 36.4 Å². The summed E-state index contributed by atoms with van der Waals surface area (Å²) in [7, 11) is 0. The first kappa shape index (κ1) is 56.5. The number of oxime groups is 1. The molecular formula is C61H85N3O10. The third-order valence-electron chi connectivity index (χ3n) is 15.5. The maximum Gasteiger partial charge on any atom is 0.412 e. The van der Waals surface area contributed by atoms with Gasteiger partial charge in [-0.1, -0.05) is 143 Å². The van der Waals surface area contributed by atoms with Crippen molar-refractivity contribution in [3.05, 3.63) is 109 Å². The molecular weight excluding hydrogens is 935 g/mol. The highest BCUT2D eigenvalue weighted by Gasteiger charge is 2.66. The van der Waals surface area contributed by atoms with E-state index in [4.69, 9.17) is 33.7 Å². The number of carbonyl (C=O) groups excluding carboxylic acids is 2. The van der Waals surface area contributed by atoms with Gasteiger partial charge in [0.25, 0.3) is 0 Å². The lowest BCUT2D eigenvalue weighted by Gasteiger charge is -2.60. The first-order chi connectivity index (χ1) is 36.3. The molecule has 1 saturated heterocycles. The summed E-state index contributed by atoms with van der Waals surface area (Å²) in [6.07, 6.45) is 23.9. The van der Waals surface area contributed by atoms with E-state index in [9.17, 15) is 15.0 Å². The minimum absolute atomic E-state index is 0.0109. The van der Waals surface area contributed by atoms with Crippen molar-refractivity contribution in [1.29, 1.82) is 0 Å². The van der Waals surface area contributed by atoms with Crippen LogP contribution in [-0.2, 0) is 25.6 Å². The van der Waals surface area contributed by atoms with Gasteiger partial charge in [-0.2, -0.15) is 0 Å². The van der Waals surface area contributed by atoms with E-state index < -0.39 is 36.2 Å². The zero-order valence-corrected chi connectivity index (χ0v) is 44.2. The number of aliphatic hydroxyl groups excluding tert-OH is 2. The summed E-state index contributed by atoms with van der Waals surface area (Å²) >= 11 is 0. The Labute approximate surface area is 440 Å². The van der Waals surface area contributed by atoms with Crippen molar-refractivity contribution < 1.29 is 48.3 Å². The number of unbranched alkanes of at least 4 members (excludes halogenated alkanes) is 11. The van der Waals surface area contributed by atoms with Crippen molar-refractivity contribution >= 4 is 28.7 Å². The fourth-order valence-corrected chi connectivity index (χ4v) is 11.8. The number of benzene rings is 3. The van der Waals surface area contributed by atoms with Crippen molar-refractivity contribution in [2.24, 2.45) is 22.9 Å². The number of rotatable bonds is 31. The molecule has 2 heterocycles. The second-order valence-corrected chi connectivity index (χ2v) is 20.6. The van der Waals surface area contributed by atoms with Crippen LogP contribution in [0.5, 0.6) is 11.5 Å². The first-order valence-electron chi connectivity index (χ1n) is 28.2. The molecule has 2 fully saturated rings. The summed E-state index contributed by atoms with van der Waals surface area (Å²) in [6.45, 7) is 11.9. The monoisotopic (exact) mass is 1020 g/mol. The SMILES string of the molecule is C=CCCOC(=O)N(Cc1cccc2ccccc12)C1CC(=NOC2CCCCO2)C2=CC(CCCCO)C(CCCCO)C3c4cc(OC(=O)NCCCCCCCCCCCC)ccc4OC1(OCC=C)C23. The number of nitrogens with one attached hydrogen (secondary N) is 1. The molecule has 7 unspecified atom stereocenters. The van der Waals surface area contributed by atoms with Gasteiger partial charge in [0.05, 0.1) is 38.0 Å². The van der Waals surface area contributed by atoms with Gasteiger partial charge in [-0.25, -0.2) is 9.59 Å². The number of carbonyl (C=O) groups is 2. The normalized spacial score (nSPS) is 23.4. The van der Waals surface area contributed by atoms with Gasteiger partial charge in [0, 0.05) is 44.1 Å². The van der Waals surface area contributed by atoms with Gasteiger partial charge in [0.1, 0.15) is 17.5 Å². The van der Waals surface area contributed by atoms with Gasteiger partial charge in [0.15, 0.2) is 0 Å². The maximum absolute atomic E-state index is 15.1. The molecule has 13 heteroatoms. The number of fused-ring (bicyclic) bond motifs is 3. The van der Waals surface area contributed by atoms with Crippen LogP contribution in [-0.4, -0.2) is 90.7 Å². The van der Waals surface area contributed by atoms with Crippen molar-refractivity contribution in [2.75, 3.05) is 39.6 Å². The Balaban J connectivity index is 1.31. The second kappa shape index (κ2) is 29.8. The molecule has 7 rings (SSSR count). The Kier molecular flexibility index (Phi) is 22.7. The van der Waals surface area contributed by atoms with E-state index >= 15 is 4.79 Å². The third-order valence-corrected chi connectivity index (χ3v) is 15.5. The van der Waals surface area contributed by atoms with Crippen LogP contribution in [0, 0.1) is 17.8 Å². The molecule has 0 bridgehead atoms. The number of allylic oxidation sites excluding steroid dienone is 1. The summed E-state index contributed by atoms with van der Waals surface area (Å²) in [4.78, 5) is 36.7. The van der Waals surface area contributed by atoms with Gasteiger partial charge in [-0.3, -0.25) is 4.90 Å². The highest BCUT2D eigenvalue weighted by atomic mass is 16.8. The molecule has 2 aliphatic carbocycles. The molecule has 13 nitrogen and oxygen atoms in total. The highest BCUT2D eigenvalue weighted by Crippen LogP contribution is 2.62. The highest BCUT2D eigenvalue weighted by molar-refractivity contribution is 6.03. The topological polar surface area (TPSA) is 158 Å². The van der Waals surface area contributed by atoms with E-state index in [1.165, 1.54) is 44.9 Å². The third kappa shape index (κ3) is 14.8. The molecule has 404 valence electrons. The number of hydrogen-bond acceptors (Lipinski definition) is 11. The fraction of sp³-hybridized carbons (Fsp3) is 0.590. The molecule has 0 radical (unpaired) electrons. The van der Waals surface area contributed by atoms with Crippen LogP contribution in [0.15, 0.2) is 103 Å². The van der Waals surface area contributed by atoms with Gasteiger partial charge in [-0.05, 0) is 103 Å². The molecule has 3 aromatic carbocycles. The second-order valence-electron chi connectivity index (χ2n) is 20.6. The predicted molar refractivity (Wildman–Crippen MR) is 291 cm³/mol. The van der Waals surface area contributed by atoms with Gasteiger partial charge >= 0.3 is 12.2 Å². The first-order valence-corrected chi connectivity index (χ1v) is 28.2. The summed E-state index contributed by atoms with van der Waals surface area (Å²) in [5, 5.41) is 30.2. The van der Waals surface area contributed by atoms with Gasteiger partial charge in [0.2, 0.25) is 12.1 Å². The molecule has 4 aliphatic rings. The van der Waals surface area contributed by atoms with Crippen LogP contribution in [0.2, 0.25) is 0 Å². The minimum Gasteiger partial charge on any atom is -0.459 e. The summed E-state index contributed by atoms with van der Waals surface area (Å²) in [5.41, 5.74) is 3.33. The van der Waals surface area contributed by atoms with Crippen molar-refractivity contribution in [3.8, 4) is 11.5 Å². The Morgan fingerprint density at radius 1 is 0.878 bits per heavy atom. The largest absolute Gasteiger partial charge is 0.459 e. The predicted octanol–water partition coefficient (Wildman–Crippen LogP) is 13.2. The molecule has 3 aromatic rings. The Bertz CT molecular complexity index is 2310. The van der Waals surface area contributed by atoms with E-state index in [0.29, 0.717) is 56.0 Å². The summed E-state index contributed by atoms with van der Waals surface area (Å²) < 4.78 is 33.0. The molecule has 0 spiro atoms. The maximum atomic E-state index is 15.1. The molecule has 3 N–H and O–H groups in total. The van der Waals surface area contributed by atoms with Crippen molar-refractivity contribution in [1.82, 2.24) is 10.2 Å². The summed E-state index contributed by atoms with van der Waals surface area (Å²) in [5.74, 6) is -1.51. The quantitative estimate of drug-likeness (QED) is 0.0322. The Morgan fingerprint density at radius 3 is 2.38 bits per heavy atom. The zero-order chi connectivity index (χ0) is 52.0. The average Bonchev–Trinajstić information content (AvgIpc) is 3.42. The fourth-order valence-electron chi connectivity index (χ4n) is 11.8. The van der Waals surface area contributed by atoms with Crippen LogP contribution < -0.4 is 14.8 Å². The zero-order valence-electron chi connectivity index (χ0n) is 44.2. The van der Waals surface area contributed by atoms with Gasteiger partial charge in [-0.15, -0.1) is 13.2 Å². The van der Waals surface area contributed by atoms with Crippen molar-refractivity contribution in [3.63, 3.8) is 0 Å². The molecule has 7 atom stereocenters. The van der Waals surface area contributed by atoms with E-state index in [1.54, 1.807) is 23.1 Å². The van der Waals surface area contributed by atoms with E-state index in [-0.39, 0.29) is 57.1 Å². The smallest absolute Gasteiger partial charge is 0.412 e. The molecule has 1 saturated carbocycles. The lowest BCUT2D eigenvalue weighted by atomic mass is 9.55. The van der Waals surface area contributed by atoms with Crippen LogP contribution >= 0.6 is 0 Å². The number of nitrogens with zero attached hydrogens (tertiary/aromatic N) is 2. The number of ether oxygens (including phenoxy) is 5. The lowest BCUT2D eigenvalue weighted by Crippen LogP contribution is -2.70. The number of aliphatic hydroxyl groups is 2. The molecule has 2 aliphatic heterocycles. The van der Waals surface area contributed by atoms with Crippen LogP contribution in [0.3, 0.4) is 0 Å². The number of hydrogen-bond donors (Lipinski definition) is 3. The van der Waals surface area contributed by atoms with Crippen molar-refractivity contribution in [2.45, 2.75) is 172 Å². The van der Waals surface area contributed by atoms with Crippen LogP contribution in [0.25, 0.3) is 10.8 Å². The molecule has 0 aromatic heterocycles. The van der Waals surface area contributed by atoms with E-state index in [0.717, 1.165) is 85.3 Å². The van der Waals surface area contributed by atoms with Crippen LogP contribution in [0.1, 0.15) is 159 Å². The van der Waals surface area contributed by atoms with E-state index in [2.05, 4.69) is 49.7 Å². The number of amides is 2. The Morgan fingerprint density at radius 2 is 1.64 bits per heavy atom.